The van der Waals surface area contributed by atoms with Crippen molar-refractivity contribution in [3.63, 3.8) is 0 Å². The van der Waals surface area contributed by atoms with E-state index in [-0.39, 0.29) is 10.8 Å². The van der Waals surface area contributed by atoms with Gasteiger partial charge in [-0.2, -0.15) is 0 Å². The van der Waals surface area contributed by atoms with Gasteiger partial charge >= 0.3 is 0 Å². The van der Waals surface area contributed by atoms with Gasteiger partial charge in [0.25, 0.3) is 0 Å². The van der Waals surface area contributed by atoms with Crippen LogP contribution in [-0.4, -0.2) is 4.98 Å². The van der Waals surface area contributed by atoms with E-state index in [4.69, 9.17) is 11.6 Å². The molecule has 0 bridgehead atoms. The Hall–Kier alpha value is -6.57. The van der Waals surface area contributed by atoms with Crippen molar-refractivity contribution in [2.75, 3.05) is 0 Å². The topological polar surface area (TPSA) is 12.9 Å². The van der Waals surface area contributed by atoms with E-state index in [0.29, 0.717) is 11.8 Å². The van der Waals surface area contributed by atoms with Crippen LogP contribution in [0.2, 0.25) is 0 Å². The Morgan fingerprint density at radius 2 is 1.31 bits per heavy atom. The summed E-state index contributed by atoms with van der Waals surface area (Å²) in [6, 6.07) is 30.2. The summed E-state index contributed by atoms with van der Waals surface area (Å²) in [6.07, 6.45) is 40.2. The maximum atomic E-state index is 5.31. The minimum atomic E-state index is -0.222. The fourth-order valence-corrected chi connectivity index (χ4v) is 11.9. The van der Waals surface area contributed by atoms with E-state index in [1.165, 1.54) is 94.1 Å². The van der Waals surface area contributed by atoms with Crippen molar-refractivity contribution in [1.29, 1.82) is 0 Å². The third-order valence-corrected chi connectivity index (χ3v) is 16.0. The molecule has 0 spiro atoms. The second-order valence-electron chi connectivity index (χ2n) is 20.5. The molecule has 0 radical (unpaired) electrons. The summed E-state index contributed by atoms with van der Waals surface area (Å²) in [5, 5.41) is 3.77. The molecule has 1 heterocycles. The molecule has 7 aliphatic carbocycles. The van der Waals surface area contributed by atoms with Gasteiger partial charge in [-0.15, -0.1) is 0 Å². The largest absolute Gasteiger partial charge is 0.247 e. The Labute approximate surface area is 385 Å². The molecule has 4 aromatic carbocycles. The van der Waals surface area contributed by atoms with E-state index in [1.807, 2.05) is 0 Å². The van der Waals surface area contributed by atoms with Gasteiger partial charge in [-0.1, -0.05) is 173 Å². The number of rotatable bonds is 4. The minimum Gasteiger partial charge on any atom is -0.247 e. The summed E-state index contributed by atoms with van der Waals surface area (Å²) in [4.78, 5) is 5.31. The lowest BCUT2D eigenvalue weighted by Gasteiger charge is -2.34. The Morgan fingerprint density at radius 1 is 0.585 bits per heavy atom. The van der Waals surface area contributed by atoms with Crippen LogP contribution in [0.4, 0.5) is 0 Å². The van der Waals surface area contributed by atoms with Gasteiger partial charge in [0.1, 0.15) is 0 Å². The molecule has 0 saturated carbocycles. The highest BCUT2D eigenvalue weighted by Gasteiger charge is 2.39. The van der Waals surface area contributed by atoms with Gasteiger partial charge < -0.3 is 0 Å². The first-order chi connectivity index (χ1) is 31.6. The number of benzene rings is 4. The molecule has 1 unspecified atom stereocenters. The van der Waals surface area contributed by atoms with Crippen LogP contribution >= 0.6 is 0 Å². The summed E-state index contributed by atoms with van der Waals surface area (Å²) in [5.41, 5.74) is 23.9. The van der Waals surface area contributed by atoms with Gasteiger partial charge in [0.2, 0.25) is 0 Å². The molecule has 0 saturated heterocycles. The Kier molecular flexibility index (Phi) is 9.39. The average Bonchev–Trinajstić information content (AvgIpc) is 3.59. The molecule has 0 N–H and O–H groups in total. The quantitative estimate of drug-likeness (QED) is 0.176. The molecule has 0 fully saturated rings. The molecule has 2 atom stereocenters. The van der Waals surface area contributed by atoms with Crippen molar-refractivity contribution in [3.8, 4) is 11.1 Å². The van der Waals surface area contributed by atoms with Crippen LogP contribution in [0, 0.1) is 17.3 Å². The van der Waals surface area contributed by atoms with E-state index in [2.05, 4.69) is 192 Å². The van der Waals surface area contributed by atoms with Crippen molar-refractivity contribution in [1.82, 2.24) is 4.98 Å². The monoisotopic (exact) mass is 839 g/mol. The standard InChI is InChI=1S/C64H57N/c1-40-33-54(61-32-29-44-20-18-42-12-8-9-16-55(42)62(44)65-61)15-10-14-43-19-22-51(37-58(43)63(40,2)3)53-28-31-57-56-30-27-52(38-59(56)64(4,5)60(57)39-53)50-26-25-48-35-47(23-24-49(48)36-50)46-21-17-41-11-6-7-13-45(41)34-46/h6-7,9-11,13,15-18,20-21,23-27,29-30,32-39,41,45H,1,8,12,14,19,22,28,31H2,2-5H3/b15-10-,54-33+/t41-,45?/m1/s1. The number of allylic oxidation sites excluding steroid dienone is 22. The maximum absolute atomic E-state index is 5.31. The zero-order valence-electron chi connectivity index (χ0n) is 38.3. The molecule has 1 aromatic heterocycles. The van der Waals surface area contributed by atoms with Crippen LogP contribution < -0.4 is 0 Å². The first kappa shape index (κ1) is 40.0. The summed E-state index contributed by atoms with van der Waals surface area (Å²) >= 11 is 0. The highest BCUT2D eigenvalue weighted by Crippen LogP contribution is 2.54. The van der Waals surface area contributed by atoms with E-state index >= 15 is 0 Å². The summed E-state index contributed by atoms with van der Waals surface area (Å²) < 4.78 is 0. The lowest BCUT2D eigenvalue weighted by Crippen LogP contribution is -2.20. The Morgan fingerprint density at radius 3 is 2.17 bits per heavy atom. The smallest absolute Gasteiger partial charge is 0.0784 e. The zero-order chi connectivity index (χ0) is 44.0. The molecule has 12 rings (SSSR count). The lowest BCUT2D eigenvalue weighted by molar-refractivity contribution is 0.551. The van der Waals surface area contributed by atoms with Crippen molar-refractivity contribution < 1.29 is 0 Å². The lowest BCUT2D eigenvalue weighted by atomic mass is 9.70. The number of aromatic nitrogens is 1. The average molecular weight is 840 g/mol. The van der Waals surface area contributed by atoms with Crippen molar-refractivity contribution in [2.45, 2.75) is 78.1 Å². The first-order valence-electron chi connectivity index (χ1n) is 24.1. The predicted octanol–water partition coefficient (Wildman–Crippen LogP) is 16.7. The van der Waals surface area contributed by atoms with Crippen molar-refractivity contribution in [3.05, 3.63) is 231 Å². The molecule has 0 amide bonds. The number of aryl methyl sites for hydroxylation is 1. The van der Waals surface area contributed by atoms with Crippen molar-refractivity contribution in [2.24, 2.45) is 17.3 Å². The molecular formula is C64H57N. The molecule has 1 heteroatoms. The Bertz CT molecular complexity index is 3290. The van der Waals surface area contributed by atoms with E-state index in [1.54, 1.807) is 0 Å². The molecule has 7 aliphatic rings. The minimum absolute atomic E-state index is 0.0780. The third-order valence-electron chi connectivity index (χ3n) is 16.0. The summed E-state index contributed by atoms with van der Waals surface area (Å²) in [6.45, 7) is 14.4. The second-order valence-corrected chi connectivity index (χ2v) is 20.5. The molecule has 1 nitrogen and oxygen atoms in total. The van der Waals surface area contributed by atoms with Crippen LogP contribution in [0.25, 0.3) is 55.6 Å². The van der Waals surface area contributed by atoms with Gasteiger partial charge in [-0.25, -0.2) is 4.98 Å². The SMILES string of the molecule is C=C1/C=C(c2ccc3ccc4c(c3n2)C=CCC4)\C=C/CC2=C(C=C(C3=CC4=C(CC3)c3ccc(-c5ccc6cc(C7=CC8C=CC=C[C@@H]8C=C7)ccc6c5)cc3C4(C)C)CC2)C1(C)C. The van der Waals surface area contributed by atoms with Gasteiger partial charge in [0, 0.05) is 39.2 Å². The van der Waals surface area contributed by atoms with Gasteiger partial charge in [0.15, 0.2) is 0 Å². The first-order valence-corrected chi connectivity index (χ1v) is 24.1. The highest BCUT2D eigenvalue weighted by molar-refractivity contribution is 5.93. The van der Waals surface area contributed by atoms with Crippen LogP contribution in [0.1, 0.15) is 99.7 Å². The normalized spacial score (nSPS) is 23.8. The molecule has 0 aliphatic heterocycles. The van der Waals surface area contributed by atoms with Crippen LogP contribution in [0.5, 0.6) is 0 Å². The molecular weight excluding hydrogens is 783 g/mol. The number of hydrogen-bond acceptors (Lipinski definition) is 1. The summed E-state index contributed by atoms with van der Waals surface area (Å²) in [7, 11) is 0. The van der Waals surface area contributed by atoms with E-state index in [9.17, 15) is 0 Å². The van der Waals surface area contributed by atoms with Gasteiger partial charge in [-0.05, 0) is 158 Å². The maximum Gasteiger partial charge on any atom is 0.0784 e. The number of pyridine rings is 1. The molecule has 5 aromatic rings. The van der Waals surface area contributed by atoms with E-state index in [0.717, 1.165) is 67.3 Å². The predicted molar refractivity (Wildman–Crippen MR) is 277 cm³/mol. The molecule has 318 valence electrons. The zero-order valence-corrected chi connectivity index (χ0v) is 38.3. The highest BCUT2D eigenvalue weighted by atomic mass is 14.7. The van der Waals surface area contributed by atoms with Gasteiger partial charge in [0.05, 0.1) is 11.2 Å². The Balaban J connectivity index is 0.808. The molecule has 65 heavy (non-hydrogen) atoms. The second kappa shape index (κ2) is 15.3. The number of nitrogens with zero attached hydrogens (tertiary/aromatic N) is 1. The fourth-order valence-electron chi connectivity index (χ4n) is 11.9. The number of hydrogen-bond donors (Lipinski definition) is 0. The van der Waals surface area contributed by atoms with Crippen LogP contribution in [0.3, 0.4) is 0 Å². The van der Waals surface area contributed by atoms with E-state index < -0.39 is 0 Å². The number of fused-ring (bicyclic) bond motifs is 7. The van der Waals surface area contributed by atoms with Crippen LogP contribution in [0.15, 0.2) is 198 Å². The summed E-state index contributed by atoms with van der Waals surface area (Å²) in [5.74, 6) is 0.918. The van der Waals surface area contributed by atoms with Crippen molar-refractivity contribution >= 4 is 44.5 Å². The van der Waals surface area contributed by atoms with Gasteiger partial charge in [-0.3, -0.25) is 0 Å². The third kappa shape index (κ3) is 6.77. The fraction of sp³-hybridized carbons (Fsp3) is 0.234. The van der Waals surface area contributed by atoms with Crippen LogP contribution in [-0.2, 0) is 11.8 Å².